The first-order valence-corrected chi connectivity index (χ1v) is 9.35. The van der Waals surface area contributed by atoms with E-state index in [-0.39, 0.29) is 31.1 Å². The standard InChI is InChI=1S/C20H34O6/c1-7-9-11-16(10-8-2)25-18(22)14-15(3)19(23)24-13-12-17(21)26-20(4,5)6/h16H,3,7-14H2,1-2,4-6H3. The van der Waals surface area contributed by atoms with Crippen LogP contribution in [0.1, 0.15) is 79.6 Å². The van der Waals surface area contributed by atoms with Crippen molar-refractivity contribution in [3.63, 3.8) is 0 Å². The maximum Gasteiger partial charge on any atom is 0.334 e. The van der Waals surface area contributed by atoms with Gasteiger partial charge in [-0.3, -0.25) is 9.59 Å². The third kappa shape index (κ3) is 12.5. The Morgan fingerprint density at radius 1 is 1.00 bits per heavy atom. The second-order valence-electron chi connectivity index (χ2n) is 7.30. The lowest BCUT2D eigenvalue weighted by molar-refractivity contribution is -0.157. The lowest BCUT2D eigenvalue weighted by atomic mass is 10.1. The Bertz CT molecular complexity index is 475. The third-order valence-electron chi connectivity index (χ3n) is 3.39. The van der Waals surface area contributed by atoms with Gasteiger partial charge in [-0.15, -0.1) is 0 Å². The minimum Gasteiger partial charge on any atom is -0.462 e. The maximum atomic E-state index is 12.0. The van der Waals surface area contributed by atoms with Gasteiger partial charge in [-0.05, 0) is 33.6 Å². The van der Waals surface area contributed by atoms with Crippen molar-refractivity contribution in [2.75, 3.05) is 6.61 Å². The molecular weight excluding hydrogens is 336 g/mol. The Morgan fingerprint density at radius 2 is 1.65 bits per heavy atom. The molecule has 0 aromatic heterocycles. The predicted octanol–water partition coefficient (Wildman–Crippen LogP) is 4.11. The molecule has 6 nitrogen and oxygen atoms in total. The molecule has 26 heavy (non-hydrogen) atoms. The third-order valence-corrected chi connectivity index (χ3v) is 3.39. The Hall–Kier alpha value is -1.85. The summed E-state index contributed by atoms with van der Waals surface area (Å²) in [6.45, 7) is 12.9. The molecule has 0 amide bonds. The molecular formula is C20H34O6. The van der Waals surface area contributed by atoms with Crippen LogP contribution in [0.2, 0.25) is 0 Å². The van der Waals surface area contributed by atoms with Crippen LogP contribution in [0.15, 0.2) is 12.2 Å². The van der Waals surface area contributed by atoms with Gasteiger partial charge in [0.05, 0.1) is 12.8 Å². The summed E-state index contributed by atoms with van der Waals surface area (Å²) in [5.41, 5.74) is -0.564. The Labute approximate surface area is 157 Å². The second-order valence-corrected chi connectivity index (χ2v) is 7.30. The van der Waals surface area contributed by atoms with E-state index in [4.69, 9.17) is 14.2 Å². The summed E-state index contributed by atoms with van der Waals surface area (Å²) >= 11 is 0. The fraction of sp³-hybridized carbons (Fsp3) is 0.750. The van der Waals surface area contributed by atoms with Crippen molar-refractivity contribution in [1.82, 2.24) is 0 Å². The molecule has 0 aromatic carbocycles. The first kappa shape index (κ1) is 24.1. The molecule has 0 spiro atoms. The smallest absolute Gasteiger partial charge is 0.334 e. The summed E-state index contributed by atoms with van der Waals surface area (Å²) < 4.78 is 15.5. The number of ether oxygens (including phenoxy) is 3. The summed E-state index contributed by atoms with van der Waals surface area (Å²) in [7, 11) is 0. The number of hydrogen-bond donors (Lipinski definition) is 0. The number of rotatable bonds is 12. The van der Waals surface area contributed by atoms with Gasteiger partial charge in [-0.25, -0.2) is 4.79 Å². The van der Waals surface area contributed by atoms with Gasteiger partial charge >= 0.3 is 17.9 Å². The molecule has 0 N–H and O–H groups in total. The SMILES string of the molecule is C=C(CC(=O)OC(CCC)CCCC)C(=O)OCCC(=O)OC(C)(C)C. The van der Waals surface area contributed by atoms with Crippen molar-refractivity contribution in [3.8, 4) is 0 Å². The van der Waals surface area contributed by atoms with Crippen molar-refractivity contribution in [3.05, 3.63) is 12.2 Å². The summed E-state index contributed by atoms with van der Waals surface area (Å²) in [5.74, 6) is -1.63. The van der Waals surface area contributed by atoms with Gasteiger partial charge in [0.15, 0.2) is 0 Å². The lowest BCUT2D eigenvalue weighted by Crippen LogP contribution is -2.25. The van der Waals surface area contributed by atoms with E-state index in [2.05, 4.69) is 13.5 Å². The van der Waals surface area contributed by atoms with Crippen LogP contribution in [0, 0.1) is 0 Å². The zero-order valence-corrected chi connectivity index (χ0v) is 16.9. The highest BCUT2D eigenvalue weighted by atomic mass is 16.6. The number of esters is 3. The molecule has 1 atom stereocenters. The highest BCUT2D eigenvalue weighted by Gasteiger charge is 2.19. The topological polar surface area (TPSA) is 78.9 Å². The van der Waals surface area contributed by atoms with Gasteiger partial charge in [0.2, 0.25) is 0 Å². The molecule has 0 fully saturated rings. The monoisotopic (exact) mass is 370 g/mol. The van der Waals surface area contributed by atoms with Crippen LogP contribution in [0.25, 0.3) is 0 Å². The number of carbonyl (C=O) groups is 3. The van der Waals surface area contributed by atoms with Gasteiger partial charge in [0.25, 0.3) is 0 Å². The summed E-state index contributed by atoms with van der Waals surface area (Å²) in [5, 5.41) is 0. The highest BCUT2D eigenvalue weighted by Crippen LogP contribution is 2.14. The van der Waals surface area contributed by atoms with E-state index in [1.165, 1.54) is 0 Å². The average Bonchev–Trinajstić information content (AvgIpc) is 2.50. The molecule has 0 heterocycles. The molecule has 1 unspecified atom stereocenters. The Kier molecular flexibility index (Phi) is 11.6. The first-order valence-electron chi connectivity index (χ1n) is 9.35. The minimum atomic E-state index is -0.703. The van der Waals surface area contributed by atoms with E-state index in [9.17, 15) is 14.4 Å². The highest BCUT2D eigenvalue weighted by molar-refractivity contribution is 5.93. The molecule has 0 aromatic rings. The van der Waals surface area contributed by atoms with E-state index in [1.54, 1.807) is 20.8 Å². The van der Waals surface area contributed by atoms with Crippen molar-refractivity contribution >= 4 is 17.9 Å². The molecule has 0 aliphatic carbocycles. The molecule has 0 aliphatic rings. The zero-order chi connectivity index (χ0) is 20.2. The quantitative estimate of drug-likeness (QED) is 0.292. The molecule has 0 saturated carbocycles. The van der Waals surface area contributed by atoms with Gasteiger partial charge in [-0.1, -0.05) is 39.7 Å². The minimum absolute atomic E-state index is 0.0185. The zero-order valence-electron chi connectivity index (χ0n) is 16.9. The van der Waals surface area contributed by atoms with Gasteiger partial charge in [-0.2, -0.15) is 0 Å². The van der Waals surface area contributed by atoms with Crippen molar-refractivity contribution in [2.45, 2.75) is 91.3 Å². The predicted molar refractivity (Wildman–Crippen MR) is 99.5 cm³/mol. The van der Waals surface area contributed by atoms with E-state index < -0.39 is 23.5 Å². The largest absolute Gasteiger partial charge is 0.462 e. The molecule has 0 rings (SSSR count). The maximum absolute atomic E-state index is 12.0. The first-order chi connectivity index (χ1) is 12.1. The average molecular weight is 370 g/mol. The number of hydrogen-bond acceptors (Lipinski definition) is 6. The van der Waals surface area contributed by atoms with Crippen molar-refractivity contribution < 1.29 is 28.6 Å². The van der Waals surface area contributed by atoms with Crippen LogP contribution in [0.3, 0.4) is 0 Å². The van der Waals surface area contributed by atoms with E-state index >= 15 is 0 Å². The number of carbonyl (C=O) groups excluding carboxylic acids is 3. The summed E-state index contributed by atoms with van der Waals surface area (Å²) in [4.78, 5) is 35.4. The van der Waals surface area contributed by atoms with Gasteiger partial charge in [0.1, 0.15) is 18.3 Å². The van der Waals surface area contributed by atoms with Crippen LogP contribution < -0.4 is 0 Å². The molecule has 0 bridgehead atoms. The normalized spacial score (nSPS) is 12.2. The van der Waals surface area contributed by atoms with Crippen molar-refractivity contribution in [2.24, 2.45) is 0 Å². The summed E-state index contributed by atoms with van der Waals surface area (Å²) in [6, 6.07) is 0. The van der Waals surface area contributed by atoms with Gasteiger partial charge < -0.3 is 14.2 Å². The Balaban J connectivity index is 4.21. The fourth-order valence-corrected chi connectivity index (χ4v) is 2.21. The second kappa shape index (κ2) is 12.5. The van der Waals surface area contributed by atoms with E-state index in [1.807, 2.05) is 6.92 Å². The molecule has 150 valence electrons. The van der Waals surface area contributed by atoms with Crippen molar-refractivity contribution in [1.29, 1.82) is 0 Å². The summed E-state index contributed by atoms with van der Waals surface area (Å²) in [6.07, 6.45) is 4.20. The van der Waals surface area contributed by atoms with E-state index in [0.29, 0.717) is 0 Å². The molecule has 6 heteroatoms. The van der Waals surface area contributed by atoms with Gasteiger partial charge in [0, 0.05) is 5.57 Å². The van der Waals surface area contributed by atoms with E-state index in [0.717, 1.165) is 32.1 Å². The van der Waals surface area contributed by atoms with Crippen LogP contribution in [-0.2, 0) is 28.6 Å². The fourth-order valence-electron chi connectivity index (χ4n) is 2.21. The van der Waals surface area contributed by atoms with Crippen LogP contribution in [0.4, 0.5) is 0 Å². The van der Waals surface area contributed by atoms with Crippen LogP contribution in [-0.4, -0.2) is 36.2 Å². The van der Waals surface area contributed by atoms with Crippen LogP contribution >= 0.6 is 0 Å². The molecule has 0 radical (unpaired) electrons. The number of unbranched alkanes of at least 4 members (excludes halogenated alkanes) is 1. The molecule has 0 aliphatic heterocycles. The lowest BCUT2D eigenvalue weighted by Gasteiger charge is -2.19. The Morgan fingerprint density at radius 3 is 2.19 bits per heavy atom. The van der Waals surface area contributed by atoms with Crippen LogP contribution in [0.5, 0.6) is 0 Å². The molecule has 0 saturated heterocycles.